The van der Waals surface area contributed by atoms with Crippen LogP contribution in [0.1, 0.15) is 47.2 Å². The second-order valence-electron chi connectivity index (χ2n) is 7.36. The van der Waals surface area contributed by atoms with E-state index < -0.39 is 17.7 Å². The lowest BCUT2D eigenvalue weighted by molar-refractivity contribution is 0.0631. The van der Waals surface area contributed by atoms with E-state index in [1.54, 1.807) is 48.0 Å². The van der Waals surface area contributed by atoms with Gasteiger partial charge in [0.25, 0.3) is 23.6 Å². The number of carbonyl (C=O) groups is 4. The van der Waals surface area contributed by atoms with Gasteiger partial charge in [0, 0.05) is 28.4 Å². The predicted octanol–water partition coefficient (Wildman–Crippen LogP) is 4.04. The number of aromatic nitrogens is 1. The molecule has 5 rings (SSSR count). The number of nitrogens with one attached hydrogen (secondary N) is 2. The maximum absolute atomic E-state index is 12.8. The van der Waals surface area contributed by atoms with Crippen LogP contribution in [0.5, 0.6) is 0 Å². The van der Waals surface area contributed by atoms with Gasteiger partial charge < -0.3 is 9.73 Å². The molecule has 0 bridgehead atoms. The molecule has 0 fully saturated rings. The number of rotatable bonds is 6. The van der Waals surface area contributed by atoms with E-state index in [1.807, 2.05) is 0 Å². The molecule has 2 aromatic carbocycles. The van der Waals surface area contributed by atoms with Crippen molar-refractivity contribution < 1.29 is 23.6 Å². The first-order valence-corrected chi connectivity index (χ1v) is 11.0. The van der Waals surface area contributed by atoms with Crippen LogP contribution in [0, 0.1) is 0 Å². The maximum Gasteiger partial charge on any atom is 0.261 e. The van der Waals surface area contributed by atoms with E-state index in [9.17, 15) is 19.2 Å². The highest BCUT2D eigenvalue weighted by Crippen LogP contribution is 2.26. The summed E-state index contributed by atoms with van der Waals surface area (Å²) in [5.41, 5.74) is 1.51. The van der Waals surface area contributed by atoms with Gasteiger partial charge in [0.05, 0.1) is 23.9 Å². The van der Waals surface area contributed by atoms with Crippen LogP contribution in [-0.4, -0.2) is 33.5 Å². The summed E-state index contributed by atoms with van der Waals surface area (Å²) in [5, 5.41) is 7.67. The van der Waals surface area contributed by atoms with Gasteiger partial charge in [-0.1, -0.05) is 0 Å². The van der Waals surface area contributed by atoms with Gasteiger partial charge >= 0.3 is 0 Å². The van der Waals surface area contributed by atoms with Gasteiger partial charge in [0.2, 0.25) is 0 Å². The average molecular weight is 472 g/mol. The number of hydrogen-bond donors (Lipinski definition) is 2. The van der Waals surface area contributed by atoms with Crippen LogP contribution in [0.2, 0.25) is 0 Å². The summed E-state index contributed by atoms with van der Waals surface area (Å²) >= 11 is 1.31. The van der Waals surface area contributed by atoms with Gasteiger partial charge in [0.1, 0.15) is 5.76 Å². The Morgan fingerprint density at radius 2 is 1.65 bits per heavy atom. The highest BCUT2D eigenvalue weighted by atomic mass is 32.1. The van der Waals surface area contributed by atoms with Crippen molar-refractivity contribution in [3.63, 3.8) is 0 Å². The van der Waals surface area contributed by atoms with Gasteiger partial charge in [-0.25, -0.2) is 4.98 Å². The Morgan fingerprint density at radius 1 is 0.912 bits per heavy atom. The third-order valence-electron chi connectivity index (χ3n) is 5.18. The minimum Gasteiger partial charge on any atom is -0.467 e. The molecule has 1 aliphatic heterocycles. The van der Waals surface area contributed by atoms with Crippen molar-refractivity contribution in [3.05, 3.63) is 100 Å². The second kappa shape index (κ2) is 8.75. The van der Waals surface area contributed by atoms with Crippen molar-refractivity contribution in [2.45, 2.75) is 6.54 Å². The minimum absolute atomic E-state index is 0.0172. The number of benzene rings is 2. The third-order valence-corrected chi connectivity index (χ3v) is 5.87. The summed E-state index contributed by atoms with van der Waals surface area (Å²) in [6, 6.07) is 14.1. The topological polar surface area (TPSA) is 122 Å². The number of imide groups is 1. The normalized spacial score (nSPS) is 12.5. The lowest BCUT2D eigenvalue weighted by Gasteiger charge is -2.11. The lowest BCUT2D eigenvalue weighted by Crippen LogP contribution is -2.28. The molecule has 34 heavy (non-hydrogen) atoms. The van der Waals surface area contributed by atoms with Crippen LogP contribution in [0.4, 0.5) is 10.8 Å². The molecule has 2 N–H and O–H groups in total. The zero-order chi connectivity index (χ0) is 23.7. The number of anilines is 2. The smallest absolute Gasteiger partial charge is 0.261 e. The van der Waals surface area contributed by atoms with E-state index in [0.717, 1.165) is 4.90 Å². The van der Waals surface area contributed by atoms with Gasteiger partial charge in [-0.15, -0.1) is 11.3 Å². The molecule has 0 radical (unpaired) electrons. The molecule has 0 atom stereocenters. The molecule has 4 amide bonds. The number of nitrogens with zero attached hydrogens (tertiary/aromatic N) is 2. The highest BCUT2D eigenvalue weighted by molar-refractivity contribution is 7.13. The molecule has 168 valence electrons. The van der Waals surface area contributed by atoms with Crippen molar-refractivity contribution in [1.82, 2.24) is 9.88 Å². The number of hydrogen-bond acceptors (Lipinski definition) is 7. The molecule has 0 aliphatic carbocycles. The second-order valence-corrected chi connectivity index (χ2v) is 8.25. The van der Waals surface area contributed by atoms with Crippen LogP contribution in [-0.2, 0) is 6.54 Å². The first-order valence-electron chi connectivity index (χ1n) is 10.1. The summed E-state index contributed by atoms with van der Waals surface area (Å²) in [5.74, 6) is -1.20. The van der Waals surface area contributed by atoms with Crippen LogP contribution in [0.25, 0.3) is 0 Å². The van der Waals surface area contributed by atoms with Crippen molar-refractivity contribution in [1.29, 1.82) is 0 Å². The summed E-state index contributed by atoms with van der Waals surface area (Å²) in [6.07, 6.45) is 3.06. The zero-order valence-electron chi connectivity index (χ0n) is 17.5. The van der Waals surface area contributed by atoms with E-state index in [1.165, 1.54) is 35.8 Å². The fraction of sp³-hybridized carbons (Fsp3) is 0.0417. The van der Waals surface area contributed by atoms with Crippen molar-refractivity contribution >= 4 is 45.8 Å². The van der Waals surface area contributed by atoms with Crippen LogP contribution in [0.3, 0.4) is 0 Å². The van der Waals surface area contributed by atoms with Crippen molar-refractivity contribution in [2.24, 2.45) is 0 Å². The molecule has 0 unspecified atom stereocenters. The maximum atomic E-state index is 12.8. The fourth-order valence-electron chi connectivity index (χ4n) is 3.50. The molecule has 4 aromatic rings. The average Bonchev–Trinajstić information content (AvgIpc) is 3.59. The summed E-state index contributed by atoms with van der Waals surface area (Å²) in [6.45, 7) is 0.0172. The Hall–Kier alpha value is -4.57. The molecule has 0 saturated carbocycles. The van der Waals surface area contributed by atoms with Gasteiger partial charge in [-0.3, -0.25) is 29.4 Å². The standard InChI is InChI=1S/C24H16N4O5S/c29-20(27-24-25-9-11-34-24)14-3-6-16(7-4-14)26-21(30)15-5-8-18-19(12-15)23(32)28(22(18)31)13-17-2-1-10-33-17/h1-12H,13H2,(H,26,30)(H,25,27,29). The molecule has 0 saturated heterocycles. The number of amides is 4. The first kappa shape index (κ1) is 21.3. The number of carbonyl (C=O) groups excluding carboxylic acids is 4. The van der Waals surface area contributed by atoms with E-state index in [0.29, 0.717) is 22.1 Å². The number of thiazole rings is 1. The van der Waals surface area contributed by atoms with Crippen LogP contribution in [0.15, 0.2) is 76.9 Å². The van der Waals surface area contributed by atoms with Gasteiger partial charge in [0.15, 0.2) is 5.13 Å². The quantitative estimate of drug-likeness (QED) is 0.409. The molecule has 2 aromatic heterocycles. The summed E-state index contributed by atoms with van der Waals surface area (Å²) in [4.78, 5) is 55.5. The SMILES string of the molecule is O=C(Nc1ccc(C(=O)Nc2nccs2)cc1)c1ccc2c(c1)C(=O)N(Cc1ccco1)C2=O. The molecule has 0 spiro atoms. The summed E-state index contributed by atoms with van der Waals surface area (Å²) in [7, 11) is 0. The van der Waals surface area contributed by atoms with Crippen molar-refractivity contribution in [2.75, 3.05) is 10.6 Å². The Balaban J connectivity index is 1.27. The van der Waals surface area contributed by atoms with E-state index in [2.05, 4.69) is 15.6 Å². The van der Waals surface area contributed by atoms with Crippen LogP contribution < -0.4 is 10.6 Å². The highest BCUT2D eigenvalue weighted by Gasteiger charge is 2.36. The third kappa shape index (κ3) is 4.09. The summed E-state index contributed by atoms with van der Waals surface area (Å²) < 4.78 is 5.23. The Kier molecular flexibility index (Phi) is 5.48. The molecular formula is C24H16N4O5S. The molecule has 9 nitrogen and oxygen atoms in total. The first-order chi connectivity index (χ1) is 16.5. The molecule has 10 heteroatoms. The predicted molar refractivity (Wildman–Crippen MR) is 124 cm³/mol. The monoisotopic (exact) mass is 472 g/mol. The largest absolute Gasteiger partial charge is 0.467 e. The molecular weight excluding hydrogens is 456 g/mol. The Bertz CT molecular complexity index is 1400. The molecule has 1 aliphatic rings. The zero-order valence-corrected chi connectivity index (χ0v) is 18.3. The minimum atomic E-state index is -0.485. The fourth-order valence-corrected chi connectivity index (χ4v) is 4.02. The van der Waals surface area contributed by atoms with E-state index in [4.69, 9.17) is 4.42 Å². The molecule has 3 heterocycles. The van der Waals surface area contributed by atoms with E-state index in [-0.39, 0.29) is 29.1 Å². The van der Waals surface area contributed by atoms with E-state index >= 15 is 0 Å². The van der Waals surface area contributed by atoms with Crippen LogP contribution >= 0.6 is 11.3 Å². The van der Waals surface area contributed by atoms with Crippen molar-refractivity contribution in [3.8, 4) is 0 Å². The number of furan rings is 1. The number of fused-ring (bicyclic) bond motifs is 1. The Morgan fingerprint density at radius 3 is 2.35 bits per heavy atom. The Labute approximate surface area is 197 Å². The lowest BCUT2D eigenvalue weighted by atomic mass is 10.1. The van der Waals surface area contributed by atoms with Gasteiger partial charge in [-0.05, 0) is 54.6 Å². The van der Waals surface area contributed by atoms with Gasteiger partial charge in [-0.2, -0.15) is 0 Å².